The second-order valence-corrected chi connectivity index (χ2v) is 6.31. The number of hydrogen-bond acceptors (Lipinski definition) is 5. The Bertz CT molecular complexity index is 1040. The van der Waals surface area contributed by atoms with Crippen LogP contribution in [0.2, 0.25) is 0 Å². The summed E-state index contributed by atoms with van der Waals surface area (Å²) in [5.41, 5.74) is 2.79. The van der Waals surface area contributed by atoms with Crippen molar-refractivity contribution in [3.8, 4) is 0 Å². The van der Waals surface area contributed by atoms with E-state index in [1.165, 1.54) is 0 Å². The first-order valence-corrected chi connectivity index (χ1v) is 8.94. The highest BCUT2D eigenvalue weighted by Crippen LogP contribution is 2.19. The van der Waals surface area contributed by atoms with E-state index in [9.17, 15) is 14.4 Å². The maximum atomic E-state index is 12.5. The Morgan fingerprint density at radius 2 is 1.75 bits per heavy atom. The average Bonchev–Trinajstić information content (AvgIpc) is 2.71. The lowest BCUT2D eigenvalue weighted by Crippen LogP contribution is -2.15. The Morgan fingerprint density at radius 3 is 2.46 bits per heavy atom. The second kappa shape index (κ2) is 8.43. The molecule has 6 nitrogen and oxygen atoms in total. The molecule has 142 valence electrons. The number of carbonyl (C=O) groups is 3. The van der Waals surface area contributed by atoms with Crippen LogP contribution in [0.4, 0.5) is 5.69 Å². The van der Waals surface area contributed by atoms with E-state index < -0.39 is 5.97 Å². The summed E-state index contributed by atoms with van der Waals surface area (Å²) in [4.78, 5) is 40.6. The van der Waals surface area contributed by atoms with E-state index in [2.05, 4.69) is 10.3 Å². The standard InChI is InChI=1S/C22H20N2O4/c1-3-21(26)24-16-10-8-15(9-11-16)20(25)13-28-22(27)18-12-14(2)23-19-7-5-4-6-17(18)19/h4-12H,3,13H2,1-2H3,(H,24,26). The van der Waals surface area contributed by atoms with Crippen LogP contribution in [-0.4, -0.2) is 29.3 Å². The number of aromatic nitrogens is 1. The molecule has 0 aliphatic heterocycles. The molecular weight excluding hydrogens is 356 g/mol. The van der Waals surface area contributed by atoms with E-state index in [0.717, 1.165) is 0 Å². The first-order chi connectivity index (χ1) is 13.5. The first kappa shape index (κ1) is 19.2. The Hall–Kier alpha value is -3.54. The fourth-order valence-electron chi connectivity index (χ4n) is 2.76. The number of rotatable bonds is 6. The number of esters is 1. The van der Waals surface area contributed by atoms with E-state index >= 15 is 0 Å². The molecule has 0 bridgehead atoms. The minimum Gasteiger partial charge on any atom is -0.454 e. The molecule has 6 heteroatoms. The van der Waals surface area contributed by atoms with Crippen molar-refractivity contribution in [1.29, 1.82) is 0 Å². The zero-order valence-electron chi connectivity index (χ0n) is 15.7. The fourth-order valence-corrected chi connectivity index (χ4v) is 2.76. The van der Waals surface area contributed by atoms with Crippen LogP contribution in [0.25, 0.3) is 10.9 Å². The van der Waals surface area contributed by atoms with Gasteiger partial charge >= 0.3 is 5.97 Å². The summed E-state index contributed by atoms with van der Waals surface area (Å²) in [7, 11) is 0. The highest BCUT2D eigenvalue weighted by molar-refractivity contribution is 6.05. The van der Waals surface area contributed by atoms with Gasteiger partial charge in [0.25, 0.3) is 0 Å². The van der Waals surface area contributed by atoms with Crippen molar-refractivity contribution in [2.75, 3.05) is 11.9 Å². The van der Waals surface area contributed by atoms with Gasteiger partial charge in [-0.05, 0) is 43.3 Å². The van der Waals surface area contributed by atoms with Gasteiger partial charge in [0.05, 0.1) is 11.1 Å². The summed E-state index contributed by atoms with van der Waals surface area (Å²) in [6.45, 7) is 3.19. The van der Waals surface area contributed by atoms with Crippen molar-refractivity contribution in [2.24, 2.45) is 0 Å². The van der Waals surface area contributed by atoms with E-state index in [4.69, 9.17) is 4.74 Å². The monoisotopic (exact) mass is 376 g/mol. The predicted molar refractivity (Wildman–Crippen MR) is 106 cm³/mol. The molecule has 0 unspecified atom stereocenters. The van der Waals surface area contributed by atoms with Gasteiger partial charge in [-0.2, -0.15) is 0 Å². The van der Waals surface area contributed by atoms with Gasteiger partial charge < -0.3 is 10.1 Å². The molecule has 1 aromatic heterocycles. The molecule has 2 aromatic carbocycles. The summed E-state index contributed by atoms with van der Waals surface area (Å²) in [6.07, 6.45) is 0.375. The van der Waals surface area contributed by atoms with Crippen LogP contribution >= 0.6 is 0 Å². The normalized spacial score (nSPS) is 10.5. The third kappa shape index (κ3) is 4.40. The molecule has 1 amide bonds. The quantitative estimate of drug-likeness (QED) is 0.520. The average molecular weight is 376 g/mol. The van der Waals surface area contributed by atoms with Gasteiger partial charge in [0, 0.05) is 28.8 Å². The molecule has 3 aromatic rings. The molecule has 28 heavy (non-hydrogen) atoms. The number of nitrogens with one attached hydrogen (secondary N) is 1. The van der Waals surface area contributed by atoms with Crippen LogP contribution in [0.15, 0.2) is 54.6 Å². The van der Waals surface area contributed by atoms with Crippen molar-refractivity contribution in [1.82, 2.24) is 4.98 Å². The van der Waals surface area contributed by atoms with Crippen LogP contribution in [0.1, 0.15) is 39.8 Å². The first-order valence-electron chi connectivity index (χ1n) is 8.94. The molecule has 0 fully saturated rings. The molecule has 0 atom stereocenters. The molecule has 3 rings (SSSR count). The predicted octanol–water partition coefficient (Wildman–Crippen LogP) is 3.93. The number of benzene rings is 2. The van der Waals surface area contributed by atoms with Gasteiger partial charge in [-0.3, -0.25) is 14.6 Å². The highest BCUT2D eigenvalue weighted by Gasteiger charge is 2.15. The van der Waals surface area contributed by atoms with Crippen LogP contribution in [-0.2, 0) is 9.53 Å². The van der Waals surface area contributed by atoms with Gasteiger partial charge in [-0.15, -0.1) is 0 Å². The lowest BCUT2D eigenvalue weighted by atomic mass is 10.1. The number of pyridine rings is 1. The molecule has 1 heterocycles. The molecule has 0 radical (unpaired) electrons. The van der Waals surface area contributed by atoms with Crippen molar-refractivity contribution in [2.45, 2.75) is 20.3 Å². The molecule has 0 aliphatic rings. The van der Waals surface area contributed by atoms with E-state index in [1.807, 2.05) is 18.2 Å². The third-order valence-electron chi connectivity index (χ3n) is 4.21. The number of ketones is 1. The van der Waals surface area contributed by atoms with Crippen LogP contribution in [0.3, 0.4) is 0 Å². The number of Topliss-reactive ketones (excluding diaryl/α,β-unsaturated/α-hetero) is 1. The largest absolute Gasteiger partial charge is 0.454 e. The van der Waals surface area contributed by atoms with Gasteiger partial charge in [0.1, 0.15) is 0 Å². The number of amides is 1. The highest BCUT2D eigenvalue weighted by atomic mass is 16.5. The smallest absolute Gasteiger partial charge is 0.339 e. The van der Waals surface area contributed by atoms with Crippen molar-refractivity contribution < 1.29 is 19.1 Å². The fraction of sp³-hybridized carbons (Fsp3) is 0.182. The minimum atomic E-state index is -0.568. The lowest BCUT2D eigenvalue weighted by molar-refractivity contribution is -0.115. The Morgan fingerprint density at radius 1 is 1.04 bits per heavy atom. The second-order valence-electron chi connectivity index (χ2n) is 6.31. The lowest BCUT2D eigenvalue weighted by Gasteiger charge is -2.09. The number of aryl methyl sites for hydroxylation is 1. The number of carbonyl (C=O) groups excluding carboxylic acids is 3. The topological polar surface area (TPSA) is 85.4 Å². The zero-order valence-corrected chi connectivity index (χ0v) is 15.7. The van der Waals surface area contributed by atoms with Gasteiger partial charge in [-0.25, -0.2) is 4.79 Å². The summed E-state index contributed by atoms with van der Waals surface area (Å²) in [5.74, 6) is -0.994. The number of fused-ring (bicyclic) bond motifs is 1. The zero-order chi connectivity index (χ0) is 20.1. The van der Waals surface area contributed by atoms with E-state index in [0.29, 0.717) is 39.8 Å². The van der Waals surface area contributed by atoms with Crippen LogP contribution in [0, 0.1) is 6.92 Å². The van der Waals surface area contributed by atoms with Crippen molar-refractivity contribution in [3.05, 3.63) is 71.4 Å². The van der Waals surface area contributed by atoms with Gasteiger partial charge in [0.2, 0.25) is 5.91 Å². The molecule has 0 saturated heterocycles. The third-order valence-corrected chi connectivity index (χ3v) is 4.21. The number of anilines is 1. The maximum Gasteiger partial charge on any atom is 0.339 e. The molecule has 1 N–H and O–H groups in total. The SMILES string of the molecule is CCC(=O)Nc1ccc(C(=O)COC(=O)c2cc(C)nc3ccccc23)cc1. The molecule has 0 saturated carbocycles. The van der Waals surface area contributed by atoms with Crippen molar-refractivity contribution in [3.63, 3.8) is 0 Å². The maximum absolute atomic E-state index is 12.5. The summed E-state index contributed by atoms with van der Waals surface area (Å²) >= 11 is 0. The number of nitrogens with zero attached hydrogens (tertiary/aromatic N) is 1. The van der Waals surface area contributed by atoms with Gasteiger partial charge in [0.15, 0.2) is 12.4 Å². The van der Waals surface area contributed by atoms with E-state index in [1.54, 1.807) is 50.2 Å². The number of hydrogen-bond donors (Lipinski definition) is 1. The Balaban J connectivity index is 1.68. The van der Waals surface area contributed by atoms with Crippen LogP contribution < -0.4 is 5.32 Å². The Labute approximate surface area is 162 Å². The van der Waals surface area contributed by atoms with Gasteiger partial charge in [-0.1, -0.05) is 25.1 Å². The van der Waals surface area contributed by atoms with Crippen LogP contribution in [0.5, 0.6) is 0 Å². The summed E-state index contributed by atoms with van der Waals surface area (Å²) < 4.78 is 5.23. The molecular formula is C22H20N2O4. The van der Waals surface area contributed by atoms with Crippen molar-refractivity contribution >= 4 is 34.3 Å². The van der Waals surface area contributed by atoms with E-state index in [-0.39, 0.29) is 18.3 Å². The number of ether oxygens (including phenoxy) is 1. The number of para-hydroxylation sites is 1. The molecule has 0 aliphatic carbocycles. The molecule has 0 spiro atoms. The minimum absolute atomic E-state index is 0.104. The summed E-state index contributed by atoms with van der Waals surface area (Å²) in [6, 6.07) is 15.4. The Kier molecular flexibility index (Phi) is 5.79. The summed E-state index contributed by atoms with van der Waals surface area (Å²) in [5, 5.41) is 3.39.